The van der Waals surface area contributed by atoms with Crippen LogP contribution in [0.1, 0.15) is 24.5 Å². The van der Waals surface area contributed by atoms with Crippen LogP contribution in [0.5, 0.6) is 0 Å². The Balaban J connectivity index is 2.27. The summed E-state index contributed by atoms with van der Waals surface area (Å²) in [6.45, 7) is 6.29. The van der Waals surface area contributed by atoms with Crippen LogP contribution in [0.15, 0.2) is 18.2 Å². The zero-order chi connectivity index (χ0) is 14.0. The van der Waals surface area contributed by atoms with E-state index in [2.05, 4.69) is 12.2 Å². The number of anilines is 1. The van der Waals surface area contributed by atoms with Crippen molar-refractivity contribution in [2.45, 2.75) is 32.5 Å². The number of nitrogens with one attached hydrogen (secondary N) is 1. The molecule has 1 aliphatic heterocycles. The molecule has 106 valence electrons. The molecule has 1 aromatic carbocycles. The second kappa shape index (κ2) is 5.41. The molecule has 1 saturated heterocycles. The van der Waals surface area contributed by atoms with Crippen LogP contribution in [-0.2, 0) is 6.18 Å². The highest BCUT2D eigenvalue weighted by molar-refractivity contribution is 5.55. The van der Waals surface area contributed by atoms with Crippen molar-refractivity contribution in [3.8, 4) is 0 Å². The maximum absolute atomic E-state index is 12.8. The molecule has 1 N–H and O–H groups in total. The van der Waals surface area contributed by atoms with Crippen molar-refractivity contribution in [1.29, 1.82) is 0 Å². The van der Waals surface area contributed by atoms with Gasteiger partial charge in [-0.25, -0.2) is 0 Å². The predicted octanol–water partition coefficient (Wildman–Crippen LogP) is 3.20. The summed E-state index contributed by atoms with van der Waals surface area (Å²) in [5.74, 6) is 0. The molecule has 1 aromatic rings. The largest absolute Gasteiger partial charge is 0.416 e. The minimum atomic E-state index is -4.28. The Bertz CT molecular complexity index is 443. The minimum Gasteiger partial charge on any atom is -0.370 e. The number of halogens is 3. The zero-order valence-corrected chi connectivity index (χ0v) is 11.2. The first-order valence-corrected chi connectivity index (χ1v) is 6.54. The lowest BCUT2D eigenvalue weighted by Gasteiger charge is -2.25. The van der Waals surface area contributed by atoms with Gasteiger partial charge in [0.05, 0.1) is 5.56 Å². The number of aryl methyl sites for hydroxylation is 1. The highest BCUT2D eigenvalue weighted by atomic mass is 19.4. The van der Waals surface area contributed by atoms with Gasteiger partial charge in [-0.05, 0) is 38.0 Å². The molecule has 0 saturated carbocycles. The van der Waals surface area contributed by atoms with E-state index >= 15 is 0 Å². The van der Waals surface area contributed by atoms with Gasteiger partial charge in [-0.1, -0.05) is 6.07 Å². The molecule has 0 bridgehead atoms. The SMILES string of the molecule is Cc1ccc(C(F)(F)F)cc1N1CCNC(C)CC1. The third-order valence-corrected chi connectivity index (χ3v) is 3.58. The van der Waals surface area contributed by atoms with E-state index in [-0.39, 0.29) is 0 Å². The van der Waals surface area contributed by atoms with Crippen molar-refractivity contribution in [2.75, 3.05) is 24.5 Å². The van der Waals surface area contributed by atoms with Gasteiger partial charge in [0.15, 0.2) is 0 Å². The molecule has 0 aromatic heterocycles. The Labute approximate surface area is 111 Å². The molecular weight excluding hydrogens is 253 g/mol. The zero-order valence-electron chi connectivity index (χ0n) is 11.2. The fourth-order valence-corrected chi connectivity index (χ4v) is 2.38. The Morgan fingerprint density at radius 3 is 2.68 bits per heavy atom. The van der Waals surface area contributed by atoms with E-state index < -0.39 is 11.7 Å². The quantitative estimate of drug-likeness (QED) is 0.844. The van der Waals surface area contributed by atoms with Gasteiger partial charge >= 0.3 is 6.18 Å². The second-order valence-electron chi connectivity index (χ2n) is 5.13. The van der Waals surface area contributed by atoms with Crippen LogP contribution in [-0.4, -0.2) is 25.7 Å². The van der Waals surface area contributed by atoms with Crippen molar-refractivity contribution in [1.82, 2.24) is 5.32 Å². The molecule has 1 unspecified atom stereocenters. The van der Waals surface area contributed by atoms with Crippen LogP contribution >= 0.6 is 0 Å². The maximum atomic E-state index is 12.8. The lowest BCUT2D eigenvalue weighted by atomic mass is 10.1. The van der Waals surface area contributed by atoms with Crippen LogP contribution in [0, 0.1) is 6.92 Å². The summed E-state index contributed by atoms with van der Waals surface area (Å²) in [6.07, 6.45) is -3.34. The topological polar surface area (TPSA) is 15.3 Å². The number of nitrogens with zero attached hydrogens (tertiary/aromatic N) is 1. The fourth-order valence-electron chi connectivity index (χ4n) is 2.38. The highest BCUT2D eigenvalue weighted by Crippen LogP contribution is 2.33. The average molecular weight is 272 g/mol. The maximum Gasteiger partial charge on any atom is 0.416 e. The first-order chi connectivity index (χ1) is 8.88. The Kier molecular flexibility index (Phi) is 4.04. The smallest absolute Gasteiger partial charge is 0.370 e. The number of alkyl halides is 3. The van der Waals surface area contributed by atoms with Crippen LogP contribution in [0.2, 0.25) is 0 Å². The highest BCUT2D eigenvalue weighted by Gasteiger charge is 2.31. The number of rotatable bonds is 1. The van der Waals surface area contributed by atoms with Crippen molar-refractivity contribution >= 4 is 5.69 Å². The van der Waals surface area contributed by atoms with Gasteiger partial charge in [0.1, 0.15) is 0 Å². The fraction of sp³-hybridized carbons (Fsp3) is 0.571. The molecule has 0 spiro atoms. The van der Waals surface area contributed by atoms with E-state index in [1.165, 1.54) is 6.07 Å². The van der Waals surface area contributed by atoms with Gasteiger partial charge in [-0.15, -0.1) is 0 Å². The van der Waals surface area contributed by atoms with Crippen molar-refractivity contribution < 1.29 is 13.2 Å². The van der Waals surface area contributed by atoms with E-state index in [9.17, 15) is 13.2 Å². The molecule has 0 radical (unpaired) electrons. The standard InChI is InChI=1S/C14H19F3N2/c1-10-3-4-12(14(15,16)17)9-13(10)19-7-5-11(2)18-6-8-19/h3-4,9,11,18H,5-8H2,1-2H3. The van der Waals surface area contributed by atoms with E-state index in [4.69, 9.17) is 0 Å². The summed E-state index contributed by atoms with van der Waals surface area (Å²) >= 11 is 0. The van der Waals surface area contributed by atoms with E-state index in [1.807, 2.05) is 11.8 Å². The van der Waals surface area contributed by atoms with Crippen LogP contribution in [0.3, 0.4) is 0 Å². The molecule has 1 aliphatic rings. The lowest BCUT2D eigenvalue weighted by Crippen LogP contribution is -2.29. The number of benzene rings is 1. The molecule has 0 aliphatic carbocycles. The van der Waals surface area contributed by atoms with Gasteiger partial charge in [0.2, 0.25) is 0 Å². The Morgan fingerprint density at radius 1 is 1.26 bits per heavy atom. The first-order valence-electron chi connectivity index (χ1n) is 6.54. The molecule has 2 nitrogen and oxygen atoms in total. The summed E-state index contributed by atoms with van der Waals surface area (Å²) in [5, 5.41) is 3.34. The Morgan fingerprint density at radius 2 is 2.00 bits per heavy atom. The third-order valence-electron chi connectivity index (χ3n) is 3.58. The molecule has 1 heterocycles. The summed E-state index contributed by atoms with van der Waals surface area (Å²) < 4.78 is 38.3. The monoisotopic (exact) mass is 272 g/mol. The molecule has 2 rings (SSSR count). The van der Waals surface area contributed by atoms with Crippen molar-refractivity contribution in [2.24, 2.45) is 0 Å². The van der Waals surface area contributed by atoms with Crippen LogP contribution in [0.25, 0.3) is 0 Å². The molecule has 5 heteroatoms. The van der Waals surface area contributed by atoms with Gasteiger partial charge in [-0.3, -0.25) is 0 Å². The molecule has 19 heavy (non-hydrogen) atoms. The van der Waals surface area contributed by atoms with Gasteiger partial charge < -0.3 is 10.2 Å². The Hall–Kier alpha value is -1.23. The lowest BCUT2D eigenvalue weighted by molar-refractivity contribution is -0.137. The van der Waals surface area contributed by atoms with Crippen LogP contribution < -0.4 is 10.2 Å². The molecule has 0 amide bonds. The molecular formula is C14H19F3N2. The van der Waals surface area contributed by atoms with E-state index in [0.29, 0.717) is 11.7 Å². The number of hydrogen-bond acceptors (Lipinski definition) is 2. The first kappa shape index (κ1) is 14.2. The average Bonchev–Trinajstić information content (AvgIpc) is 2.53. The molecule has 1 fully saturated rings. The predicted molar refractivity (Wildman–Crippen MR) is 70.5 cm³/mol. The summed E-state index contributed by atoms with van der Waals surface area (Å²) in [6, 6.07) is 4.39. The normalized spacial score (nSPS) is 21.3. The number of hydrogen-bond donors (Lipinski definition) is 1. The molecule has 1 atom stereocenters. The minimum absolute atomic E-state index is 0.413. The van der Waals surface area contributed by atoms with Crippen molar-refractivity contribution in [3.63, 3.8) is 0 Å². The summed E-state index contributed by atoms with van der Waals surface area (Å²) in [7, 11) is 0. The van der Waals surface area contributed by atoms with E-state index in [1.54, 1.807) is 6.07 Å². The summed E-state index contributed by atoms with van der Waals surface area (Å²) in [5.41, 5.74) is 1.02. The summed E-state index contributed by atoms with van der Waals surface area (Å²) in [4.78, 5) is 2.04. The van der Waals surface area contributed by atoms with Crippen molar-refractivity contribution in [3.05, 3.63) is 29.3 Å². The van der Waals surface area contributed by atoms with E-state index in [0.717, 1.165) is 37.7 Å². The van der Waals surface area contributed by atoms with Crippen LogP contribution in [0.4, 0.5) is 18.9 Å². The van der Waals surface area contributed by atoms with Gasteiger partial charge in [0.25, 0.3) is 0 Å². The second-order valence-corrected chi connectivity index (χ2v) is 5.13. The van der Waals surface area contributed by atoms with Gasteiger partial charge in [0, 0.05) is 31.4 Å². The third kappa shape index (κ3) is 3.41. The van der Waals surface area contributed by atoms with Gasteiger partial charge in [-0.2, -0.15) is 13.2 Å².